The molecule has 16 nitrogen and oxygen atoms in total. The summed E-state index contributed by atoms with van der Waals surface area (Å²) in [6, 6.07) is 3.61. The fourth-order valence-corrected chi connectivity index (χ4v) is 8.20. The molecule has 5 heterocycles. The van der Waals surface area contributed by atoms with Crippen LogP contribution in [-0.4, -0.2) is 113 Å². The molecule has 1 aromatic carbocycles. The Labute approximate surface area is 330 Å². The number of imidazole rings is 2. The summed E-state index contributed by atoms with van der Waals surface area (Å²) in [5, 5.41) is 12.3. The quantitative estimate of drug-likeness (QED) is 0.144. The van der Waals surface area contributed by atoms with E-state index in [1.165, 1.54) is 31.2 Å². The Hall–Kier alpha value is -6.01. The highest BCUT2D eigenvalue weighted by atomic mass is 19.4. The van der Waals surface area contributed by atoms with Crippen LogP contribution in [0, 0.1) is 11.8 Å². The van der Waals surface area contributed by atoms with E-state index in [0.717, 1.165) is 24.2 Å². The van der Waals surface area contributed by atoms with E-state index in [1.807, 2.05) is 0 Å². The molecule has 3 aromatic heterocycles. The Morgan fingerprint density at radius 3 is 2.02 bits per heavy atom. The molecular weight excluding hydrogens is 761 g/mol. The number of halogens is 3. The van der Waals surface area contributed by atoms with Crippen molar-refractivity contribution in [2.75, 3.05) is 27.2 Å². The number of ether oxygens (including phenoxy) is 1. The van der Waals surface area contributed by atoms with Gasteiger partial charge in [0.1, 0.15) is 35.1 Å². The predicted molar refractivity (Wildman–Crippen MR) is 199 cm³/mol. The second-order valence-corrected chi connectivity index (χ2v) is 15.4. The van der Waals surface area contributed by atoms with Gasteiger partial charge >= 0.3 is 18.4 Å². The molecule has 4 aliphatic rings. The Kier molecular flexibility index (Phi) is 10.3. The number of carbonyl (C=O) groups is 4. The fourth-order valence-electron chi connectivity index (χ4n) is 8.20. The zero-order valence-corrected chi connectivity index (χ0v) is 31.8. The first-order chi connectivity index (χ1) is 27.8. The van der Waals surface area contributed by atoms with Crippen LogP contribution in [0.4, 0.5) is 22.8 Å². The van der Waals surface area contributed by atoms with Gasteiger partial charge in [0.25, 0.3) is 0 Å². The van der Waals surface area contributed by atoms with Crippen molar-refractivity contribution >= 4 is 24.0 Å². The molecule has 0 radical (unpaired) electrons. The lowest BCUT2D eigenvalue weighted by Crippen LogP contribution is -2.50. The molecule has 4 aromatic rings. The minimum atomic E-state index is -4.77. The molecule has 4 amide bonds. The number of carbonyl (C=O) groups excluding carboxylic acids is 3. The van der Waals surface area contributed by atoms with E-state index in [1.54, 1.807) is 35.6 Å². The van der Waals surface area contributed by atoms with Crippen LogP contribution in [0.15, 0.2) is 42.9 Å². The molecule has 2 aliphatic heterocycles. The Morgan fingerprint density at radius 1 is 0.828 bits per heavy atom. The van der Waals surface area contributed by atoms with Gasteiger partial charge in [0.2, 0.25) is 11.8 Å². The van der Waals surface area contributed by atoms with E-state index < -0.39 is 48.1 Å². The van der Waals surface area contributed by atoms with E-state index in [9.17, 15) is 37.5 Å². The average Bonchev–Trinajstić information content (AvgIpc) is 3.94. The van der Waals surface area contributed by atoms with Gasteiger partial charge < -0.3 is 34.9 Å². The summed E-state index contributed by atoms with van der Waals surface area (Å²) < 4.78 is 48.0. The second-order valence-electron chi connectivity index (χ2n) is 15.4. The molecule has 8 rings (SSSR count). The van der Waals surface area contributed by atoms with Crippen LogP contribution in [0.2, 0.25) is 0 Å². The van der Waals surface area contributed by atoms with Gasteiger partial charge in [0, 0.05) is 49.2 Å². The standard InChI is InChI=1S/C39H43F3N10O6/c1-50(38(56)57)30(22-11-12-22)36(54)52-16-4-6-27(52)34-47-28(31(49-34)39(40,41)42)20-9-13-23(14-10-20)32-43-17-24(18-44-32)25-19-45-33(46-25)26-5-3-15-51(26)35(53)29(21-7-8-21)48-37(55)58-2/h9-10,13-14,17-19,21-22,26-27,29-30H,3-8,11-12,15-16H2,1-2H3,(H,45,46)(H,47,49)(H,48,55)(H,56,57)/t26?,27-,29-,30-/m0/s1. The van der Waals surface area contributed by atoms with E-state index in [2.05, 4.69) is 35.2 Å². The predicted octanol–water partition coefficient (Wildman–Crippen LogP) is 5.79. The van der Waals surface area contributed by atoms with E-state index in [4.69, 9.17) is 4.74 Å². The van der Waals surface area contributed by atoms with Gasteiger partial charge in [-0.3, -0.25) is 14.5 Å². The van der Waals surface area contributed by atoms with Gasteiger partial charge in [-0.05, 0) is 63.2 Å². The topological polar surface area (TPSA) is 203 Å². The number of aromatic nitrogens is 6. The van der Waals surface area contributed by atoms with E-state index in [0.29, 0.717) is 67.1 Å². The number of hydrogen-bond acceptors (Lipinski definition) is 9. The van der Waals surface area contributed by atoms with Crippen LogP contribution in [0.1, 0.15) is 80.8 Å². The normalized spacial score (nSPS) is 20.5. The largest absolute Gasteiger partial charge is 0.465 e. The maximum atomic E-state index is 14.4. The van der Waals surface area contributed by atoms with Crippen molar-refractivity contribution in [2.24, 2.45) is 11.8 Å². The lowest BCUT2D eigenvalue weighted by atomic mass is 10.1. The maximum absolute atomic E-state index is 14.4. The number of likely N-dealkylation sites (tertiary alicyclic amines) is 2. The molecule has 58 heavy (non-hydrogen) atoms. The van der Waals surface area contributed by atoms with Gasteiger partial charge in [0.15, 0.2) is 5.82 Å². The number of amides is 4. The van der Waals surface area contributed by atoms with Crippen LogP contribution in [0.5, 0.6) is 0 Å². The fraction of sp³-hybridized carbons (Fsp3) is 0.487. The number of alkyl carbamates (subject to hydrolysis) is 1. The van der Waals surface area contributed by atoms with Gasteiger partial charge in [-0.25, -0.2) is 29.5 Å². The number of carboxylic acid groups (broad SMARTS) is 1. The summed E-state index contributed by atoms with van der Waals surface area (Å²) in [5.41, 5.74) is 0.664. The first-order valence-electron chi connectivity index (χ1n) is 19.4. The smallest absolute Gasteiger partial charge is 0.433 e. The molecule has 2 aliphatic carbocycles. The number of nitrogens with one attached hydrogen (secondary N) is 3. The Balaban J connectivity index is 0.972. The molecule has 4 N–H and O–H groups in total. The van der Waals surface area contributed by atoms with Crippen molar-refractivity contribution in [3.05, 3.63) is 60.2 Å². The number of alkyl halides is 3. The summed E-state index contributed by atoms with van der Waals surface area (Å²) in [4.78, 5) is 78.9. The van der Waals surface area contributed by atoms with Crippen molar-refractivity contribution < 1.29 is 42.2 Å². The second kappa shape index (κ2) is 15.4. The molecule has 4 fully saturated rings. The number of H-pyrrole nitrogens is 2. The molecule has 306 valence electrons. The van der Waals surface area contributed by atoms with Crippen molar-refractivity contribution in [1.82, 2.24) is 49.9 Å². The minimum absolute atomic E-state index is 0.00377. The molecule has 0 bridgehead atoms. The number of methoxy groups -OCH3 is 1. The summed E-state index contributed by atoms with van der Waals surface area (Å²) >= 11 is 0. The Morgan fingerprint density at radius 2 is 1.43 bits per heavy atom. The highest BCUT2D eigenvalue weighted by molar-refractivity contribution is 5.87. The zero-order valence-electron chi connectivity index (χ0n) is 31.8. The van der Waals surface area contributed by atoms with Crippen LogP contribution < -0.4 is 5.32 Å². The maximum Gasteiger partial charge on any atom is 0.433 e. The average molecular weight is 805 g/mol. The first-order valence-corrected chi connectivity index (χ1v) is 19.4. The molecule has 19 heteroatoms. The number of benzene rings is 1. The van der Waals surface area contributed by atoms with Crippen LogP contribution >= 0.6 is 0 Å². The molecule has 4 atom stereocenters. The lowest BCUT2D eigenvalue weighted by Gasteiger charge is -2.31. The third-order valence-electron chi connectivity index (χ3n) is 11.5. The van der Waals surface area contributed by atoms with Gasteiger partial charge in [-0.15, -0.1) is 0 Å². The highest BCUT2D eigenvalue weighted by Crippen LogP contribution is 2.42. The number of aromatic amines is 2. The van der Waals surface area contributed by atoms with E-state index >= 15 is 0 Å². The number of hydrogen-bond donors (Lipinski definition) is 4. The number of likely N-dealkylation sites (N-methyl/N-ethyl adjacent to an activating group) is 1. The van der Waals surface area contributed by atoms with Crippen LogP contribution in [-0.2, 0) is 20.5 Å². The monoisotopic (exact) mass is 804 g/mol. The van der Waals surface area contributed by atoms with E-state index in [-0.39, 0.29) is 47.4 Å². The van der Waals surface area contributed by atoms with Crippen LogP contribution in [0.25, 0.3) is 33.9 Å². The van der Waals surface area contributed by atoms with Gasteiger partial charge in [0.05, 0.1) is 31.1 Å². The third kappa shape index (κ3) is 7.68. The molecule has 2 saturated carbocycles. The van der Waals surface area contributed by atoms with Crippen molar-refractivity contribution in [1.29, 1.82) is 0 Å². The zero-order chi connectivity index (χ0) is 40.9. The Bertz CT molecular complexity index is 2180. The molecule has 2 saturated heterocycles. The minimum Gasteiger partial charge on any atom is -0.465 e. The SMILES string of the molecule is COC(=O)N[C@H](C(=O)N1CCCC1c1ncc(-c2cnc(-c3ccc(-c4nc([C@@H]5CCCN5C(=O)[C@H](C5CC5)N(C)C(=O)O)[nH]c4C(F)(F)F)cc3)nc2)[nH]1)C1CC1. The number of rotatable bonds is 11. The van der Waals surface area contributed by atoms with Gasteiger partial charge in [-0.1, -0.05) is 24.3 Å². The summed E-state index contributed by atoms with van der Waals surface area (Å²) in [6.07, 6.45) is 3.73. The number of nitrogens with zero attached hydrogens (tertiary/aromatic N) is 7. The lowest BCUT2D eigenvalue weighted by molar-refractivity contribution is -0.140. The molecule has 0 spiro atoms. The first kappa shape index (κ1) is 38.8. The third-order valence-corrected chi connectivity index (χ3v) is 11.5. The summed E-state index contributed by atoms with van der Waals surface area (Å²) in [6.45, 7) is 0.821. The van der Waals surface area contributed by atoms with Crippen LogP contribution in [0.3, 0.4) is 0 Å². The van der Waals surface area contributed by atoms with Crippen molar-refractivity contribution in [2.45, 2.75) is 81.7 Å². The highest BCUT2D eigenvalue weighted by Gasteiger charge is 2.47. The van der Waals surface area contributed by atoms with Crippen molar-refractivity contribution in [3.8, 4) is 33.9 Å². The summed E-state index contributed by atoms with van der Waals surface area (Å²) in [7, 11) is 2.61. The summed E-state index contributed by atoms with van der Waals surface area (Å²) in [5.74, 6) is 0.305. The molecule has 1 unspecified atom stereocenters. The van der Waals surface area contributed by atoms with Crippen molar-refractivity contribution in [3.63, 3.8) is 0 Å². The van der Waals surface area contributed by atoms with Gasteiger partial charge in [-0.2, -0.15) is 13.2 Å². The molecular formula is C39H43F3N10O6.